The van der Waals surface area contributed by atoms with E-state index in [9.17, 15) is 9.59 Å². The number of hydrogen-bond acceptors (Lipinski definition) is 2. The monoisotopic (exact) mass is 320 g/mol. The van der Waals surface area contributed by atoms with Gasteiger partial charge in [-0.3, -0.25) is 9.59 Å². The Hall–Kier alpha value is -2.88. The third-order valence-corrected chi connectivity index (χ3v) is 4.24. The lowest BCUT2D eigenvalue weighted by molar-refractivity contribution is -0.121. The maximum atomic E-state index is 12.3. The summed E-state index contributed by atoms with van der Waals surface area (Å²) in [5, 5.41) is 5.80. The minimum atomic E-state index is -0.250. The highest BCUT2D eigenvalue weighted by Gasteiger charge is 2.23. The van der Waals surface area contributed by atoms with Crippen molar-refractivity contribution in [2.75, 3.05) is 5.32 Å². The summed E-state index contributed by atoms with van der Waals surface area (Å²) >= 11 is 0. The van der Waals surface area contributed by atoms with Crippen molar-refractivity contribution < 1.29 is 9.59 Å². The van der Waals surface area contributed by atoms with Crippen LogP contribution in [-0.4, -0.2) is 11.8 Å². The molecule has 1 atom stereocenters. The zero-order chi connectivity index (χ0) is 16.9. The molecule has 3 rings (SSSR count). The molecule has 2 aromatic rings. The van der Waals surface area contributed by atoms with Gasteiger partial charge in [-0.05, 0) is 47.7 Å². The van der Waals surface area contributed by atoms with Crippen molar-refractivity contribution in [3.8, 4) is 0 Å². The van der Waals surface area contributed by atoms with Gasteiger partial charge in [0.2, 0.25) is 11.8 Å². The van der Waals surface area contributed by atoms with Gasteiger partial charge < -0.3 is 10.6 Å². The van der Waals surface area contributed by atoms with Crippen molar-refractivity contribution in [1.29, 1.82) is 0 Å². The van der Waals surface area contributed by atoms with Gasteiger partial charge in [0.25, 0.3) is 0 Å². The molecule has 24 heavy (non-hydrogen) atoms. The predicted octanol–water partition coefficient (Wildman–Crippen LogP) is 3.16. The first-order chi connectivity index (χ1) is 11.7. The topological polar surface area (TPSA) is 58.2 Å². The first-order valence-corrected chi connectivity index (χ1v) is 8.05. The van der Waals surface area contributed by atoms with Crippen LogP contribution in [0.15, 0.2) is 61.2 Å². The molecular formula is C20H20N2O2. The third-order valence-electron chi connectivity index (χ3n) is 4.24. The van der Waals surface area contributed by atoms with Gasteiger partial charge in [-0.25, -0.2) is 0 Å². The molecule has 0 saturated carbocycles. The highest BCUT2D eigenvalue weighted by Crippen LogP contribution is 2.30. The van der Waals surface area contributed by atoms with Crippen LogP contribution in [0.4, 0.5) is 5.69 Å². The fourth-order valence-electron chi connectivity index (χ4n) is 3.04. The molecule has 2 amide bonds. The van der Waals surface area contributed by atoms with E-state index in [1.54, 1.807) is 12.1 Å². The van der Waals surface area contributed by atoms with Gasteiger partial charge in [0, 0.05) is 5.69 Å². The Kier molecular flexibility index (Phi) is 4.75. The fourth-order valence-corrected chi connectivity index (χ4v) is 3.04. The zero-order valence-corrected chi connectivity index (χ0v) is 13.4. The van der Waals surface area contributed by atoms with Gasteiger partial charge in [-0.15, -0.1) is 0 Å². The minimum absolute atomic E-state index is 0.0135. The smallest absolute Gasteiger partial charge is 0.247 e. The molecule has 0 heterocycles. The molecule has 0 unspecified atom stereocenters. The Morgan fingerprint density at radius 3 is 2.62 bits per heavy atom. The van der Waals surface area contributed by atoms with Gasteiger partial charge in [0.1, 0.15) is 0 Å². The number of fused-ring (bicyclic) bond motifs is 1. The Bertz CT molecular complexity index is 765. The van der Waals surface area contributed by atoms with Crippen LogP contribution in [0.3, 0.4) is 0 Å². The molecule has 0 fully saturated rings. The zero-order valence-electron chi connectivity index (χ0n) is 13.4. The second kappa shape index (κ2) is 7.13. The van der Waals surface area contributed by atoms with Crippen LogP contribution in [0, 0.1) is 0 Å². The van der Waals surface area contributed by atoms with Crippen molar-refractivity contribution in [2.24, 2.45) is 0 Å². The van der Waals surface area contributed by atoms with E-state index in [4.69, 9.17) is 0 Å². The van der Waals surface area contributed by atoms with Crippen molar-refractivity contribution >= 4 is 17.5 Å². The van der Waals surface area contributed by atoms with Crippen molar-refractivity contribution in [2.45, 2.75) is 25.3 Å². The first-order valence-electron chi connectivity index (χ1n) is 8.05. The Morgan fingerprint density at radius 2 is 1.88 bits per heavy atom. The van der Waals surface area contributed by atoms with E-state index < -0.39 is 0 Å². The molecule has 0 saturated heterocycles. The second-order valence-electron chi connectivity index (χ2n) is 5.92. The average molecular weight is 320 g/mol. The van der Waals surface area contributed by atoms with E-state index >= 15 is 0 Å². The van der Waals surface area contributed by atoms with Crippen LogP contribution >= 0.6 is 0 Å². The standard InChI is InChI=1S/C20H20N2O2/c1-2-19(23)21-16-10-7-14(8-11-16)13-20(24)22-18-12-9-15-5-3-4-6-17(15)18/h2-8,10-11,18H,1,9,12-13H2,(H,21,23)(H,22,24)/t18-/m1/s1. The van der Waals surface area contributed by atoms with Crippen molar-refractivity contribution in [3.63, 3.8) is 0 Å². The van der Waals surface area contributed by atoms with Crippen LogP contribution < -0.4 is 10.6 Å². The number of aryl methyl sites for hydroxylation is 1. The quantitative estimate of drug-likeness (QED) is 0.832. The Labute approximate surface area is 141 Å². The highest BCUT2D eigenvalue weighted by atomic mass is 16.2. The summed E-state index contributed by atoms with van der Waals surface area (Å²) in [6, 6.07) is 15.6. The molecular weight excluding hydrogens is 300 g/mol. The highest BCUT2D eigenvalue weighted by molar-refractivity contribution is 5.98. The summed E-state index contributed by atoms with van der Waals surface area (Å²) in [6.07, 6.45) is 3.52. The predicted molar refractivity (Wildman–Crippen MR) is 94.6 cm³/mol. The van der Waals surface area contributed by atoms with Gasteiger partial charge >= 0.3 is 0 Å². The lowest BCUT2D eigenvalue weighted by Crippen LogP contribution is -2.28. The number of carbonyl (C=O) groups is 2. The molecule has 0 radical (unpaired) electrons. The third kappa shape index (κ3) is 3.71. The molecule has 4 nitrogen and oxygen atoms in total. The maximum absolute atomic E-state index is 12.3. The van der Waals surface area contributed by atoms with Crippen LogP contribution in [0.2, 0.25) is 0 Å². The first kappa shape index (κ1) is 16.0. The van der Waals surface area contributed by atoms with E-state index in [1.807, 2.05) is 24.3 Å². The largest absolute Gasteiger partial charge is 0.349 e. The normalized spacial score (nSPS) is 15.4. The minimum Gasteiger partial charge on any atom is -0.349 e. The van der Waals surface area contributed by atoms with Gasteiger partial charge in [-0.2, -0.15) is 0 Å². The Balaban J connectivity index is 1.57. The molecule has 0 spiro atoms. The molecule has 0 aromatic heterocycles. The summed E-state index contributed by atoms with van der Waals surface area (Å²) < 4.78 is 0. The summed E-state index contributed by atoms with van der Waals surface area (Å²) in [5.41, 5.74) is 4.16. The molecule has 0 aliphatic heterocycles. The van der Waals surface area contributed by atoms with Gasteiger partial charge in [-0.1, -0.05) is 43.0 Å². The van der Waals surface area contributed by atoms with E-state index in [-0.39, 0.29) is 17.9 Å². The lowest BCUT2D eigenvalue weighted by atomic mass is 10.1. The van der Waals surface area contributed by atoms with Crippen LogP contribution in [0.1, 0.15) is 29.2 Å². The summed E-state index contributed by atoms with van der Waals surface area (Å²) in [4.78, 5) is 23.5. The maximum Gasteiger partial charge on any atom is 0.247 e. The van der Waals surface area contributed by atoms with E-state index in [2.05, 4.69) is 29.3 Å². The van der Waals surface area contributed by atoms with E-state index in [1.165, 1.54) is 17.2 Å². The number of benzene rings is 2. The van der Waals surface area contributed by atoms with Crippen LogP contribution in [0.5, 0.6) is 0 Å². The molecule has 2 N–H and O–H groups in total. The van der Waals surface area contributed by atoms with E-state index in [0.717, 1.165) is 18.4 Å². The Morgan fingerprint density at radius 1 is 1.12 bits per heavy atom. The van der Waals surface area contributed by atoms with Crippen molar-refractivity contribution in [1.82, 2.24) is 5.32 Å². The average Bonchev–Trinajstić information content (AvgIpc) is 2.99. The van der Waals surface area contributed by atoms with E-state index in [0.29, 0.717) is 12.1 Å². The van der Waals surface area contributed by atoms with Crippen molar-refractivity contribution in [3.05, 3.63) is 77.9 Å². The SMILES string of the molecule is C=CC(=O)Nc1ccc(CC(=O)N[C@@H]2CCc3ccccc32)cc1. The number of rotatable bonds is 5. The molecule has 2 aromatic carbocycles. The number of hydrogen-bond donors (Lipinski definition) is 2. The summed E-state index contributed by atoms with van der Waals surface area (Å²) in [7, 11) is 0. The number of carbonyl (C=O) groups excluding carboxylic acids is 2. The molecule has 1 aliphatic carbocycles. The number of anilines is 1. The van der Waals surface area contributed by atoms with Gasteiger partial charge in [0.15, 0.2) is 0 Å². The molecule has 122 valence electrons. The molecule has 1 aliphatic rings. The van der Waals surface area contributed by atoms with Gasteiger partial charge in [0.05, 0.1) is 12.5 Å². The summed E-state index contributed by atoms with van der Waals surface area (Å²) in [6.45, 7) is 3.41. The van der Waals surface area contributed by atoms with Crippen LogP contribution in [-0.2, 0) is 22.4 Å². The molecule has 4 heteroatoms. The van der Waals surface area contributed by atoms with Crippen LogP contribution in [0.25, 0.3) is 0 Å². The fraction of sp³-hybridized carbons (Fsp3) is 0.200. The number of nitrogens with one attached hydrogen (secondary N) is 2. The summed E-state index contributed by atoms with van der Waals surface area (Å²) in [5.74, 6) is -0.236. The lowest BCUT2D eigenvalue weighted by Gasteiger charge is -2.14. The number of amides is 2. The molecule has 0 bridgehead atoms. The second-order valence-corrected chi connectivity index (χ2v) is 5.92.